The van der Waals surface area contributed by atoms with Crippen LogP contribution in [-0.2, 0) is 0 Å². The van der Waals surface area contributed by atoms with Gasteiger partial charge in [0.2, 0.25) is 0 Å². The molecule has 1 unspecified atom stereocenters. The van der Waals surface area contributed by atoms with Crippen LogP contribution in [0.15, 0.2) is 22.8 Å². The third-order valence-corrected chi connectivity index (χ3v) is 20.4. The van der Waals surface area contributed by atoms with Crippen LogP contribution in [0.3, 0.4) is 0 Å². The van der Waals surface area contributed by atoms with Gasteiger partial charge in [0.05, 0.1) is 0 Å². The van der Waals surface area contributed by atoms with Crippen LogP contribution in [-0.4, -0.2) is 29.6 Å². The van der Waals surface area contributed by atoms with E-state index in [9.17, 15) is 5.11 Å². The summed E-state index contributed by atoms with van der Waals surface area (Å²) in [4.78, 5) is 0. The van der Waals surface area contributed by atoms with Crippen molar-refractivity contribution in [1.82, 2.24) is 0 Å². The van der Waals surface area contributed by atoms with Gasteiger partial charge in [0, 0.05) is 0 Å². The number of unbranched alkanes of at least 4 members (excludes halogenated alkanes) is 9. The number of allylic oxidation sites excluding steroid dienone is 1. The van der Waals surface area contributed by atoms with Crippen LogP contribution < -0.4 is 0 Å². The molecule has 0 aromatic carbocycles. The van der Waals surface area contributed by atoms with Gasteiger partial charge in [0.1, 0.15) is 0 Å². The molecule has 0 saturated heterocycles. The molecule has 28 heavy (non-hydrogen) atoms. The average Bonchev–Trinajstić information content (AvgIpc) is 2.70. The summed E-state index contributed by atoms with van der Waals surface area (Å²) in [6, 6.07) is 0. The molecule has 0 fully saturated rings. The molecule has 0 aliphatic heterocycles. The fraction of sp³-hybridized carbons (Fsp3) is 0.846. The first-order valence-electron chi connectivity index (χ1n) is 12.6. The van der Waals surface area contributed by atoms with Crippen LogP contribution in [0.1, 0.15) is 117 Å². The number of rotatable bonds is 21. The second-order valence-electron chi connectivity index (χ2n) is 8.95. The van der Waals surface area contributed by atoms with Crippen molar-refractivity contribution in [2.75, 3.05) is 0 Å². The van der Waals surface area contributed by atoms with Gasteiger partial charge in [-0.15, -0.1) is 6.58 Å². The van der Waals surface area contributed by atoms with E-state index >= 15 is 0 Å². The van der Waals surface area contributed by atoms with Crippen LogP contribution in [0.25, 0.3) is 0 Å². The second kappa shape index (κ2) is 20.5. The molecule has 0 bridgehead atoms. The molecular weight excluding hydrogens is 447 g/mol. The molecule has 0 radical (unpaired) electrons. The van der Waals surface area contributed by atoms with Gasteiger partial charge in [-0.05, 0) is 0 Å². The predicted molar refractivity (Wildman–Crippen MR) is 132 cm³/mol. The molecule has 0 aromatic rings. The fourth-order valence-corrected chi connectivity index (χ4v) is 18.7. The number of hydrogen-bond acceptors (Lipinski definition) is 1. The maximum absolute atomic E-state index is 9.70. The minimum atomic E-state index is -2.02. The topological polar surface area (TPSA) is 20.2 Å². The Hall–Kier alpha value is 0.239. The number of aliphatic hydroxyl groups is 1. The first-order valence-corrected chi connectivity index (χ1v) is 20.3. The van der Waals surface area contributed by atoms with Crippen LogP contribution in [0, 0.1) is 0 Å². The zero-order valence-corrected chi connectivity index (χ0v) is 22.5. The molecule has 0 spiro atoms. The van der Waals surface area contributed by atoms with E-state index in [2.05, 4.69) is 37.5 Å². The van der Waals surface area contributed by atoms with Crippen LogP contribution in [0.4, 0.5) is 0 Å². The molecule has 1 nitrogen and oxygen atoms in total. The molecule has 1 N–H and O–H groups in total. The van der Waals surface area contributed by atoms with Gasteiger partial charge in [-0.2, -0.15) is 0 Å². The summed E-state index contributed by atoms with van der Waals surface area (Å²) in [6.45, 7) is 10.8. The molecule has 0 aliphatic carbocycles. The zero-order valence-electron chi connectivity index (χ0n) is 19.7. The summed E-state index contributed by atoms with van der Waals surface area (Å²) in [5, 5.41) is 9.70. The molecule has 2 heteroatoms. The third-order valence-electron chi connectivity index (χ3n) is 6.15. The Morgan fingerprint density at radius 2 is 1.25 bits per heavy atom. The van der Waals surface area contributed by atoms with Gasteiger partial charge in [0.15, 0.2) is 0 Å². The predicted octanol–water partition coefficient (Wildman–Crippen LogP) is 8.99. The van der Waals surface area contributed by atoms with Gasteiger partial charge in [-0.1, -0.05) is 6.08 Å². The van der Waals surface area contributed by atoms with E-state index in [0.29, 0.717) is 0 Å². The summed E-state index contributed by atoms with van der Waals surface area (Å²) < 4.78 is 7.63. The van der Waals surface area contributed by atoms with Gasteiger partial charge >= 0.3 is 170 Å². The number of aliphatic hydroxyl groups excluding tert-OH is 1. The third kappa shape index (κ3) is 16.1. The maximum atomic E-state index is 9.70. The Kier molecular flexibility index (Phi) is 20.7. The van der Waals surface area contributed by atoms with E-state index in [-0.39, 0.29) is 6.10 Å². The van der Waals surface area contributed by atoms with E-state index in [0.717, 1.165) is 19.3 Å². The first kappa shape index (κ1) is 28.2. The van der Waals surface area contributed by atoms with Gasteiger partial charge in [-0.3, -0.25) is 0 Å². The molecule has 0 aromatic heterocycles. The van der Waals surface area contributed by atoms with Crippen molar-refractivity contribution in [3.05, 3.63) is 22.8 Å². The Morgan fingerprint density at radius 3 is 1.75 bits per heavy atom. The van der Waals surface area contributed by atoms with Gasteiger partial charge in [0.25, 0.3) is 0 Å². The van der Waals surface area contributed by atoms with E-state index in [1.165, 1.54) is 77.0 Å². The van der Waals surface area contributed by atoms with Crippen molar-refractivity contribution >= 4 is 18.4 Å². The Labute approximate surface area is 182 Å². The SMILES string of the molecule is C=CCC(O)CCCCCCCC/C=[CH]\[Sn]([CH2]CCC)([CH2]CCC)[CH2]CCC. The van der Waals surface area contributed by atoms with Crippen molar-refractivity contribution in [3.63, 3.8) is 0 Å². The van der Waals surface area contributed by atoms with Crippen LogP contribution in [0.5, 0.6) is 0 Å². The first-order chi connectivity index (χ1) is 13.6. The Bertz CT molecular complexity index is 342. The summed E-state index contributed by atoms with van der Waals surface area (Å²) in [5.41, 5.74) is 0. The molecule has 0 amide bonds. The zero-order chi connectivity index (χ0) is 20.9. The van der Waals surface area contributed by atoms with E-state index in [4.69, 9.17) is 0 Å². The molecule has 0 rings (SSSR count). The summed E-state index contributed by atoms with van der Waals surface area (Å²) >= 11 is -2.02. The van der Waals surface area contributed by atoms with Crippen LogP contribution in [0.2, 0.25) is 13.3 Å². The Balaban J connectivity index is 4.10. The summed E-state index contributed by atoms with van der Waals surface area (Å²) in [7, 11) is 0. The summed E-state index contributed by atoms with van der Waals surface area (Å²) in [6.07, 6.45) is 23.7. The standard InChI is InChI=1S/C14H25O.3C4H9.Sn/c1-3-5-6-7-8-9-10-11-13-14(15)12-4-2;3*1-3-4-2;/h1,3-4,14-15H,2,5-13H2;3*1,3-4H2,2H3;. The van der Waals surface area contributed by atoms with Gasteiger partial charge in [-0.25, -0.2) is 0 Å². The van der Waals surface area contributed by atoms with Crippen molar-refractivity contribution in [2.24, 2.45) is 0 Å². The molecule has 0 aliphatic rings. The van der Waals surface area contributed by atoms with E-state index < -0.39 is 18.4 Å². The normalized spacial score (nSPS) is 13.3. The minimum absolute atomic E-state index is 0.165. The number of hydrogen-bond donors (Lipinski definition) is 1. The Morgan fingerprint density at radius 1 is 0.750 bits per heavy atom. The quantitative estimate of drug-likeness (QED) is 0.0949. The molecule has 0 heterocycles. The van der Waals surface area contributed by atoms with Crippen molar-refractivity contribution < 1.29 is 5.11 Å². The molecule has 0 saturated carbocycles. The van der Waals surface area contributed by atoms with E-state index in [1.54, 1.807) is 13.3 Å². The molecule has 166 valence electrons. The van der Waals surface area contributed by atoms with Gasteiger partial charge < -0.3 is 0 Å². The van der Waals surface area contributed by atoms with Crippen molar-refractivity contribution in [2.45, 2.75) is 136 Å². The van der Waals surface area contributed by atoms with Crippen molar-refractivity contribution in [3.8, 4) is 0 Å². The second-order valence-corrected chi connectivity index (χ2v) is 22.0. The fourth-order valence-electron chi connectivity index (χ4n) is 4.20. The van der Waals surface area contributed by atoms with E-state index in [1.807, 2.05) is 6.08 Å². The summed E-state index contributed by atoms with van der Waals surface area (Å²) in [5.74, 6) is 0. The molecular formula is C26H52OSn. The monoisotopic (exact) mass is 500 g/mol. The van der Waals surface area contributed by atoms with Crippen molar-refractivity contribution in [1.29, 1.82) is 0 Å². The average molecular weight is 499 g/mol. The van der Waals surface area contributed by atoms with Crippen LogP contribution >= 0.6 is 0 Å². The molecule has 1 atom stereocenters.